The fraction of sp³-hybridized carbons (Fsp3) is 0.684. The second kappa shape index (κ2) is 7.59. The molecule has 1 fully saturated rings. The lowest BCUT2D eigenvalue weighted by Gasteiger charge is -2.29. The van der Waals surface area contributed by atoms with Crippen molar-refractivity contribution < 1.29 is 18.7 Å². The molecule has 0 bridgehead atoms. The van der Waals surface area contributed by atoms with Crippen molar-refractivity contribution in [3.63, 3.8) is 0 Å². The van der Waals surface area contributed by atoms with E-state index in [2.05, 4.69) is 20.8 Å². The van der Waals surface area contributed by atoms with Crippen LogP contribution in [0, 0.1) is 13.8 Å². The number of hydrogen-bond acceptors (Lipinski definition) is 4. The van der Waals surface area contributed by atoms with E-state index in [9.17, 15) is 9.67 Å². The van der Waals surface area contributed by atoms with E-state index >= 15 is 0 Å². The predicted molar refractivity (Wildman–Crippen MR) is 98.0 cm³/mol. The van der Waals surface area contributed by atoms with E-state index < -0.39 is 7.60 Å². The van der Waals surface area contributed by atoms with E-state index in [1.165, 1.54) is 12.8 Å². The summed E-state index contributed by atoms with van der Waals surface area (Å²) in [6, 6.07) is 2.01. The van der Waals surface area contributed by atoms with Crippen LogP contribution in [0.5, 0.6) is 5.75 Å². The Morgan fingerprint density at radius 2 is 1.79 bits per heavy atom. The number of phenolic OH excluding ortho intramolecular Hbond substituents is 1. The lowest BCUT2D eigenvalue weighted by Crippen LogP contribution is -2.18. The summed E-state index contributed by atoms with van der Waals surface area (Å²) in [5.41, 5.74) is 3.58. The zero-order valence-corrected chi connectivity index (χ0v) is 16.5. The molecule has 1 saturated heterocycles. The molecule has 136 valence electrons. The summed E-state index contributed by atoms with van der Waals surface area (Å²) in [6.45, 7) is 11.2. The predicted octanol–water partition coefficient (Wildman–Crippen LogP) is 5.61. The number of hydrogen-bond donors (Lipinski definition) is 1. The first-order chi connectivity index (χ1) is 11.2. The molecule has 2 rings (SSSR count). The van der Waals surface area contributed by atoms with Crippen LogP contribution in [-0.4, -0.2) is 18.3 Å². The van der Waals surface area contributed by atoms with Gasteiger partial charge in [-0.3, -0.25) is 4.57 Å². The van der Waals surface area contributed by atoms with Gasteiger partial charge >= 0.3 is 7.60 Å². The fourth-order valence-electron chi connectivity index (χ4n) is 3.29. The molecule has 0 atom stereocenters. The van der Waals surface area contributed by atoms with Crippen LogP contribution in [-0.2, 0) is 25.2 Å². The van der Waals surface area contributed by atoms with Gasteiger partial charge in [-0.25, -0.2) is 0 Å². The van der Waals surface area contributed by atoms with Crippen molar-refractivity contribution in [1.82, 2.24) is 0 Å². The quantitative estimate of drug-likeness (QED) is 0.511. The maximum atomic E-state index is 12.6. The number of rotatable bonds is 7. The Bertz CT molecular complexity index is 627. The molecule has 1 aliphatic rings. The van der Waals surface area contributed by atoms with Crippen LogP contribution in [0.3, 0.4) is 0 Å². The molecule has 0 aromatic heterocycles. The Labute approximate surface area is 146 Å². The van der Waals surface area contributed by atoms with Crippen molar-refractivity contribution in [3.05, 3.63) is 28.3 Å². The van der Waals surface area contributed by atoms with Gasteiger partial charge in [-0.1, -0.05) is 46.1 Å². The van der Waals surface area contributed by atoms with Crippen molar-refractivity contribution in [1.29, 1.82) is 0 Å². The fourth-order valence-corrected chi connectivity index (χ4v) is 5.00. The second-order valence-corrected chi connectivity index (χ2v) is 9.51. The summed E-state index contributed by atoms with van der Waals surface area (Å²) < 4.78 is 23.3. The summed E-state index contributed by atoms with van der Waals surface area (Å²) in [6.07, 6.45) is 4.80. The molecule has 1 heterocycles. The largest absolute Gasteiger partial charge is 0.507 e. The molecule has 0 amide bonds. The third-order valence-electron chi connectivity index (χ3n) is 5.13. The van der Waals surface area contributed by atoms with Gasteiger partial charge in [0.05, 0.1) is 19.4 Å². The average molecular weight is 354 g/mol. The van der Waals surface area contributed by atoms with E-state index in [1.54, 1.807) is 0 Å². The van der Waals surface area contributed by atoms with Crippen molar-refractivity contribution in [2.45, 2.75) is 71.9 Å². The summed E-state index contributed by atoms with van der Waals surface area (Å²) in [7, 11) is -3.03. The molecule has 4 nitrogen and oxygen atoms in total. The Morgan fingerprint density at radius 1 is 1.17 bits per heavy atom. The number of benzene rings is 1. The van der Waals surface area contributed by atoms with Gasteiger partial charge in [-0.2, -0.15) is 0 Å². The van der Waals surface area contributed by atoms with Gasteiger partial charge in [0.1, 0.15) is 5.75 Å². The highest BCUT2D eigenvalue weighted by molar-refractivity contribution is 7.53. The van der Waals surface area contributed by atoms with Gasteiger partial charge in [0, 0.05) is 5.56 Å². The van der Waals surface area contributed by atoms with Gasteiger partial charge in [0.2, 0.25) is 0 Å². The topological polar surface area (TPSA) is 55.8 Å². The molecule has 24 heavy (non-hydrogen) atoms. The van der Waals surface area contributed by atoms with Crippen LogP contribution < -0.4 is 0 Å². The van der Waals surface area contributed by atoms with Gasteiger partial charge < -0.3 is 14.2 Å². The Kier molecular flexibility index (Phi) is 6.17. The molecule has 5 heteroatoms. The van der Waals surface area contributed by atoms with Crippen molar-refractivity contribution >= 4 is 7.60 Å². The van der Waals surface area contributed by atoms with Crippen molar-refractivity contribution in [2.24, 2.45) is 0 Å². The minimum Gasteiger partial charge on any atom is -0.507 e. The summed E-state index contributed by atoms with van der Waals surface area (Å²) in [4.78, 5) is 0. The van der Waals surface area contributed by atoms with E-state index in [0.717, 1.165) is 35.1 Å². The van der Waals surface area contributed by atoms with E-state index in [0.29, 0.717) is 19.0 Å². The normalized spacial score (nSPS) is 17.4. The average Bonchev–Trinajstić information content (AvgIpc) is 2.94. The van der Waals surface area contributed by atoms with Crippen LogP contribution in [0.4, 0.5) is 0 Å². The summed E-state index contributed by atoms with van der Waals surface area (Å²) >= 11 is 0. The molecule has 0 unspecified atom stereocenters. The minimum atomic E-state index is -3.03. The molecule has 0 radical (unpaired) electrons. The highest BCUT2D eigenvalue weighted by atomic mass is 31.2. The highest BCUT2D eigenvalue weighted by Gasteiger charge is 2.33. The first-order valence-electron chi connectivity index (χ1n) is 8.91. The molecule has 0 saturated carbocycles. The summed E-state index contributed by atoms with van der Waals surface area (Å²) in [5, 5.41) is 10.7. The van der Waals surface area contributed by atoms with E-state index in [-0.39, 0.29) is 11.6 Å². The minimum absolute atomic E-state index is 0.127. The van der Waals surface area contributed by atoms with Crippen molar-refractivity contribution in [3.8, 4) is 5.75 Å². The molecular formula is C19H31O4P. The second-order valence-electron chi connectivity index (χ2n) is 7.46. The number of unbranched alkanes of at least 4 members (excludes halogenated alkanes) is 2. The van der Waals surface area contributed by atoms with Gasteiger partial charge in [0.25, 0.3) is 0 Å². The lowest BCUT2D eigenvalue weighted by atomic mass is 9.77. The molecular weight excluding hydrogens is 323 g/mol. The zero-order chi connectivity index (χ0) is 18.0. The van der Waals surface area contributed by atoms with Crippen molar-refractivity contribution in [2.75, 3.05) is 13.2 Å². The first-order valence-corrected chi connectivity index (χ1v) is 10.6. The maximum Gasteiger partial charge on any atom is 0.335 e. The van der Waals surface area contributed by atoms with Crippen LogP contribution in [0.25, 0.3) is 0 Å². The van der Waals surface area contributed by atoms with Crippen LogP contribution in [0.2, 0.25) is 0 Å². The van der Waals surface area contributed by atoms with Crippen LogP contribution in [0.15, 0.2) is 6.07 Å². The summed E-state index contributed by atoms with van der Waals surface area (Å²) in [5.74, 6) is 0.365. The van der Waals surface area contributed by atoms with E-state index in [4.69, 9.17) is 9.05 Å². The highest BCUT2D eigenvalue weighted by Crippen LogP contribution is 2.55. The third kappa shape index (κ3) is 4.22. The van der Waals surface area contributed by atoms with Gasteiger partial charge in [-0.15, -0.1) is 0 Å². The first kappa shape index (κ1) is 19.5. The van der Waals surface area contributed by atoms with Crippen LogP contribution in [0.1, 0.15) is 68.7 Å². The Hall–Kier alpha value is -0.830. The molecule has 1 aliphatic heterocycles. The third-order valence-corrected chi connectivity index (χ3v) is 7.01. The Balaban J connectivity index is 2.36. The Morgan fingerprint density at radius 3 is 2.38 bits per heavy atom. The zero-order valence-electron chi connectivity index (χ0n) is 15.6. The number of phenols is 1. The van der Waals surface area contributed by atoms with E-state index in [1.807, 2.05) is 19.9 Å². The molecule has 1 aromatic rings. The molecule has 0 aliphatic carbocycles. The SMILES string of the molecule is CCCCCC(C)(C)c1cc(CP2(=O)OCCO2)c(C)c(C)c1O. The smallest absolute Gasteiger partial charge is 0.335 e. The molecule has 0 spiro atoms. The monoisotopic (exact) mass is 354 g/mol. The maximum absolute atomic E-state index is 12.6. The van der Waals surface area contributed by atoms with Crippen LogP contribution >= 0.6 is 7.60 Å². The molecule has 1 N–H and O–H groups in total. The number of aromatic hydroxyl groups is 1. The molecule has 1 aromatic carbocycles. The lowest BCUT2D eigenvalue weighted by molar-refractivity contribution is 0.350. The van der Waals surface area contributed by atoms with Gasteiger partial charge in [0.15, 0.2) is 0 Å². The standard InChI is InChI=1S/C19H31O4P/c1-6-7-8-9-19(4,5)17-12-16(14(2)15(3)18(17)20)13-24(21)22-10-11-23-24/h12,20H,6-11,13H2,1-5H3. The van der Waals surface area contributed by atoms with Gasteiger partial charge in [-0.05, 0) is 42.4 Å².